The molecule has 0 aliphatic rings. The van der Waals surface area contributed by atoms with Crippen LogP contribution in [0.1, 0.15) is 84.9 Å². The van der Waals surface area contributed by atoms with Gasteiger partial charge in [-0.2, -0.15) is 0 Å². The third kappa shape index (κ3) is 14.1. The van der Waals surface area contributed by atoms with Crippen molar-refractivity contribution < 1.29 is 42.7 Å². The number of benzene rings is 3. The van der Waals surface area contributed by atoms with Crippen LogP contribution in [0.4, 0.5) is 4.79 Å². The second-order valence-corrected chi connectivity index (χ2v) is 13.1. The van der Waals surface area contributed by atoms with Gasteiger partial charge < -0.3 is 35.2 Å². The van der Waals surface area contributed by atoms with Crippen molar-refractivity contribution in [3.8, 4) is 17.1 Å². The second kappa shape index (κ2) is 23.7. The zero-order chi connectivity index (χ0) is 40.8. The largest absolute Gasteiger partial charge is 0.494 e. The Morgan fingerprint density at radius 1 is 0.772 bits per heavy atom. The van der Waals surface area contributed by atoms with Crippen LogP contribution in [0.3, 0.4) is 0 Å². The first-order chi connectivity index (χ1) is 27.8. The maximum Gasteiger partial charge on any atom is 0.407 e. The number of furan rings is 1. The summed E-state index contributed by atoms with van der Waals surface area (Å²) in [5.41, 5.74) is 2.53. The van der Waals surface area contributed by atoms with Crippen molar-refractivity contribution >= 4 is 30.2 Å². The van der Waals surface area contributed by atoms with Crippen molar-refractivity contribution in [2.75, 3.05) is 26.4 Å². The Labute approximate surface area is 333 Å². The lowest BCUT2D eigenvalue weighted by molar-refractivity contribution is -0.200. The number of carbonyl (C=O) groups is 5. The van der Waals surface area contributed by atoms with Crippen LogP contribution in [-0.4, -0.2) is 67.7 Å². The quantitative estimate of drug-likeness (QED) is 0.0272. The van der Waals surface area contributed by atoms with Crippen LogP contribution < -0.4 is 26.0 Å². The smallest absolute Gasteiger partial charge is 0.407 e. The molecule has 14 nitrogen and oxygen atoms in total. The van der Waals surface area contributed by atoms with E-state index in [0.717, 1.165) is 30.4 Å². The van der Waals surface area contributed by atoms with Crippen LogP contribution in [-0.2, 0) is 32.4 Å². The van der Waals surface area contributed by atoms with Crippen LogP contribution >= 0.6 is 0 Å². The molecule has 1 heterocycles. The number of rotatable bonds is 24. The van der Waals surface area contributed by atoms with Gasteiger partial charge in [-0.3, -0.25) is 24.0 Å². The van der Waals surface area contributed by atoms with E-state index >= 15 is 0 Å². The SMILES string of the molecule is CCCCC[C@@H](C(=O)NCNC(=O)c1ccc(-c2cc(OCC)cc(C(=O)NCCNC(=O)OCc3ccccc3)c2)o1)[C@@H](CC)N(C=O)OCc1ccccc1. The second-order valence-electron chi connectivity index (χ2n) is 13.1. The Kier molecular flexibility index (Phi) is 18.1. The van der Waals surface area contributed by atoms with Crippen molar-refractivity contribution in [1.82, 2.24) is 26.3 Å². The third-order valence-electron chi connectivity index (χ3n) is 8.99. The van der Waals surface area contributed by atoms with E-state index in [1.165, 1.54) is 11.1 Å². The summed E-state index contributed by atoms with van der Waals surface area (Å²) < 4.78 is 16.8. The Bertz CT molecular complexity index is 1870. The lowest BCUT2D eigenvalue weighted by Gasteiger charge is -2.32. The van der Waals surface area contributed by atoms with Gasteiger partial charge in [0.2, 0.25) is 12.3 Å². The molecule has 304 valence electrons. The van der Waals surface area contributed by atoms with E-state index in [2.05, 4.69) is 28.2 Å². The zero-order valence-electron chi connectivity index (χ0n) is 32.8. The molecule has 0 bridgehead atoms. The molecular weight excluding hydrogens is 730 g/mol. The Morgan fingerprint density at radius 2 is 1.47 bits per heavy atom. The Balaban J connectivity index is 1.32. The molecule has 4 aromatic rings. The number of nitrogens with zero attached hydrogens (tertiary/aromatic N) is 1. The monoisotopic (exact) mass is 783 g/mol. The number of unbranched alkanes of at least 4 members (excludes halogenated alkanes) is 2. The molecule has 57 heavy (non-hydrogen) atoms. The van der Waals surface area contributed by atoms with Crippen molar-refractivity contribution in [1.29, 1.82) is 0 Å². The summed E-state index contributed by atoms with van der Waals surface area (Å²) in [5.74, 6) is -1.13. The van der Waals surface area contributed by atoms with Crippen LogP contribution in [0.25, 0.3) is 11.3 Å². The number of hydrogen-bond donors (Lipinski definition) is 4. The molecule has 0 aliphatic carbocycles. The van der Waals surface area contributed by atoms with E-state index in [4.69, 9.17) is 18.7 Å². The van der Waals surface area contributed by atoms with Gasteiger partial charge in [-0.15, -0.1) is 0 Å². The van der Waals surface area contributed by atoms with Gasteiger partial charge in [-0.1, -0.05) is 93.8 Å². The normalized spacial score (nSPS) is 11.8. The van der Waals surface area contributed by atoms with Gasteiger partial charge in [-0.25, -0.2) is 9.86 Å². The fraction of sp³-hybridized carbons (Fsp3) is 0.372. The number of amides is 5. The maximum absolute atomic E-state index is 13.5. The topological polar surface area (TPSA) is 178 Å². The van der Waals surface area contributed by atoms with Gasteiger partial charge in [0.25, 0.3) is 11.8 Å². The first-order valence-electron chi connectivity index (χ1n) is 19.3. The molecule has 2 atom stereocenters. The molecule has 5 amide bonds. The number of ether oxygens (including phenoxy) is 2. The van der Waals surface area contributed by atoms with E-state index in [1.807, 2.05) is 74.5 Å². The predicted molar refractivity (Wildman–Crippen MR) is 214 cm³/mol. The fourth-order valence-corrected chi connectivity index (χ4v) is 6.07. The van der Waals surface area contributed by atoms with Crippen molar-refractivity contribution in [2.45, 2.75) is 72.1 Å². The van der Waals surface area contributed by atoms with Crippen LogP contribution in [0.2, 0.25) is 0 Å². The molecular formula is C43H53N5O9. The molecule has 0 unspecified atom stereocenters. The van der Waals surface area contributed by atoms with Gasteiger partial charge in [0, 0.05) is 24.2 Å². The highest BCUT2D eigenvalue weighted by atomic mass is 16.7. The standard InChI is InChI=1S/C43H53N5O9/c1-4-7-10-19-36(37(5-2)48(30-49)56-28-32-17-13-9-14-18-32)41(51)46-29-47-42(52)39-21-20-38(57-39)33-24-34(26-35(25-33)54-6-3)40(50)44-22-23-45-43(53)55-27-31-15-11-8-12-16-31/h8-9,11-18,20-21,24-26,30,36-37H,4-7,10,19,22-23,27-29H2,1-3H3,(H,44,50)(H,45,53)(H,46,51)(H,47,52)/t36-,37-/m1/s1. The maximum atomic E-state index is 13.5. The number of carbonyl (C=O) groups excluding carboxylic acids is 5. The highest BCUT2D eigenvalue weighted by Crippen LogP contribution is 2.28. The Morgan fingerprint density at radius 3 is 2.14 bits per heavy atom. The molecule has 14 heteroatoms. The summed E-state index contributed by atoms with van der Waals surface area (Å²) in [6, 6.07) is 26.2. The van der Waals surface area contributed by atoms with Crippen LogP contribution in [0, 0.1) is 5.92 Å². The minimum absolute atomic E-state index is 0.00957. The number of alkyl carbamates (subject to hydrolysis) is 1. The van der Waals surface area contributed by atoms with Gasteiger partial charge in [0.15, 0.2) is 5.76 Å². The number of hydrogen-bond acceptors (Lipinski definition) is 9. The van der Waals surface area contributed by atoms with Crippen molar-refractivity contribution in [2.24, 2.45) is 5.92 Å². The van der Waals surface area contributed by atoms with E-state index in [9.17, 15) is 24.0 Å². The van der Waals surface area contributed by atoms with E-state index in [1.54, 1.807) is 24.3 Å². The minimum atomic E-state index is -0.600. The average Bonchev–Trinajstić information content (AvgIpc) is 3.74. The fourth-order valence-electron chi connectivity index (χ4n) is 6.07. The molecule has 0 aliphatic heterocycles. The van der Waals surface area contributed by atoms with Crippen LogP contribution in [0.15, 0.2) is 95.4 Å². The molecule has 4 rings (SSSR count). The predicted octanol–water partition coefficient (Wildman–Crippen LogP) is 6.37. The summed E-state index contributed by atoms with van der Waals surface area (Å²) in [4.78, 5) is 69.8. The molecule has 0 spiro atoms. The number of nitrogens with one attached hydrogen (secondary N) is 4. The van der Waals surface area contributed by atoms with E-state index < -0.39 is 29.9 Å². The molecule has 0 fully saturated rings. The van der Waals surface area contributed by atoms with Gasteiger partial charge in [0.1, 0.15) is 24.7 Å². The molecule has 0 radical (unpaired) electrons. The Hall–Kier alpha value is -6.15. The molecule has 3 aromatic carbocycles. The highest BCUT2D eigenvalue weighted by Gasteiger charge is 2.32. The zero-order valence-corrected chi connectivity index (χ0v) is 32.8. The van der Waals surface area contributed by atoms with Crippen LogP contribution in [0.5, 0.6) is 5.75 Å². The summed E-state index contributed by atoms with van der Waals surface area (Å²) in [6.07, 6.45) is 3.71. The minimum Gasteiger partial charge on any atom is -0.494 e. The summed E-state index contributed by atoms with van der Waals surface area (Å²) in [5, 5.41) is 12.1. The lowest BCUT2D eigenvalue weighted by atomic mass is 9.90. The lowest BCUT2D eigenvalue weighted by Crippen LogP contribution is -2.48. The van der Waals surface area contributed by atoms with E-state index in [0.29, 0.717) is 42.9 Å². The molecule has 4 N–H and O–H groups in total. The third-order valence-corrected chi connectivity index (χ3v) is 8.99. The summed E-state index contributed by atoms with van der Waals surface area (Å²) >= 11 is 0. The van der Waals surface area contributed by atoms with E-state index in [-0.39, 0.29) is 50.2 Å². The molecule has 0 saturated heterocycles. The summed E-state index contributed by atoms with van der Waals surface area (Å²) in [6.45, 7) is 6.56. The van der Waals surface area contributed by atoms with Gasteiger partial charge in [0.05, 0.1) is 25.2 Å². The highest BCUT2D eigenvalue weighted by molar-refractivity contribution is 5.96. The first-order valence-corrected chi connectivity index (χ1v) is 19.3. The molecule has 1 aromatic heterocycles. The number of hydroxylamine groups is 2. The molecule has 0 saturated carbocycles. The van der Waals surface area contributed by atoms with Crippen molar-refractivity contribution in [3.05, 3.63) is 113 Å². The average molecular weight is 784 g/mol. The van der Waals surface area contributed by atoms with Gasteiger partial charge >= 0.3 is 6.09 Å². The van der Waals surface area contributed by atoms with Gasteiger partial charge in [-0.05, 0) is 61.2 Å². The first kappa shape index (κ1) is 43.6. The van der Waals surface area contributed by atoms with Crippen molar-refractivity contribution in [3.63, 3.8) is 0 Å². The summed E-state index contributed by atoms with van der Waals surface area (Å²) in [7, 11) is 0.